The highest BCUT2D eigenvalue weighted by Gasteiger charge is 2.21. The van der Waals surface area contributed by atoms with E-state index in [4.69, 9.17) is 5.73 Å². The lowest BCUT2D eigenvalue weighted by molar-refractivity contribution is 0.635. The average Bonchev–Trinajstić information content (AvgIpc) is 2.95. The number of hydrogen-bond donors (Lipinski definition) is 1. The maximum Gasteiger partial charge on any atom is 0.203 e. The third-order valence-electron chi connectivity index (χ3n) is 4.05. The fourth-order valence-corrected chi connectivity index (χ4v) is 2.83. The van der Waals surface area contributed by atoms with Crippen LogP contribution >= 0.6 is 0 Å². The van der Waals surface area contributed by atoms with Gasteiger partial charge in [0, 0.05) is 7.05 Å². The number of hydrogen-bond acceptors (Lipinski definition) is 3. The lowest BCUT2D eigenvalue weighted by Gasteiger charge is -2.16. The monoisotopic (exact) mass is 283 g/mol. The van der Waals surface area contributed by atoms with Crippen molar-refractivity contribution < 1.29 is 0 Å². The number of rotatable bonds is 3. The van der Waals surface area contributed by atoms with Crippen molar-refractivity contribution in [2.24, 2.45) is 7.05 Å². The number of imidazole rings is 1. The Balaban J connectivity index is 2.17. The van der Waals surface area contributed by atoms with Crippen LogP contribution in [0.4, 0.5) is 5.95 Å². The zero-order valence-corrected chi connectivity index (χ0v) is 13.0. The van der Waals surface area contributed by atoms with Crippen LogP contribution in [-0.2, 0) is 13.5 Å². The minimum absolute atomic E-state index is 0.121. The van der Waals surface area contributed by atoms with Crippen LogP contribution in [-0.4, -0.2) is 19.3 Å². The van der Waals surface area contributed by atoms with Gasteiger partial charge in [-0.25, -0.2) is 4.98 Å². The van der Waals surface area contributed by atoms with E-state index < -0.39 is 0 Å². The zero-order valence-electron chi connectivity index (χ0n) is 13.0. The first kappa shape index (κ1) is 13.7. The smallest absolute Gasteiger partial charge is 0.203 e. The highest BCUT2D eigenvalue weighted by Crippen LogP contribution is 2.28. The van der Waals surface area contributed by atoms with Gasteiger partial charge in [-0.05, 0) is 25.8 Å². The molecule has 3 aromatic rings. The second-order valence-electron chi connectivity index (χ2n) is 5.52. The zero-order chi connectivity index (χ0) is 15.1. The molecular weight excluding hydrogens is 262 g/mol. The standard InChI is InChI=1S/C16H21N5/c1-5-13-14-15(20(4)19-13)21(16(17)18-14)11(3)12-8-6-10(2)7-9-12/h6-9,11H,5H2,1-4H3,(H2,17,18). The van der Waals surface area contributed by atoms with Gasteiger partial charge < -0.3 is 5.73 Å². The first-order valence-corrected chi connectivity index (χ1v) is 7.28. The van der Waals surface area contributed by atoms with Gasteiger partial charge in [-0.1, -0.05) is 36.8 Å². The molecule has 110 valence electrons. The van der Waals surface area contributed by atoms with Gasteiger partial charge in [0.1, 0.15) is 5.52 Å². The average molecular weight is 283 g/mol. The summed E-state index contributed by atoms with van der Waals surface area (Å²) in [6.45, 7) is 6.31. The Morgan fingerprint density at radius 1 is 1.24 bits per heavy atom. The van der Waals surface area contributed by atoms with Crippen LogP contribution in [0.2, 0.25) is 0 Å². The number of nitrogens with zero attached hydrogens (tertiary/aromatic N) is 4. The van der Waals surface area contributed by atoms with Crippen molar-refractivity contribution in [3.05, 3.63) is 41.1 Å². The molecule has 1 atom stereocenters. The minimum Gasteiger partial charge on any atom is -0.369 e. The van der Waals surface area contributed by atoms with Crippen LogP contribution in [0.1, 0.15) is 36.7 Å². The fourth-order valence-electron chi connectivity index (χ4n) is 2.83. The van der Waals surface area contributed by atoms with Gasteiger partial charge in [0.05, 0.1) is 11.7 Å². The molecule has 5 heteroatoms. The number of nitrogen functional groups attached to an aromatic ring is 1. The number of anilines is 1. The summed E-state index contributed by atoms with van der Waals surface area (Å²) >= 11 is 0. The molecule has 0 saturated carbocycles. The van der Waals surface area contributed by atoms with Crippen molar-refractivity contribution in [3.8, 4) is 0 Å². The van der Waals surface area contributed by atoms with Crippen molar-refractivity contribution in [2.75, 3.05) is 5.73 Å². The normalized spacial score (nSPS) is 13.0. The van der Waals surface area contributed by atoms with Gasteiger partial charge in [-0.3, -0.25) is 9.25 Å². The fraction of sp³-hybridized carbons (Fsp3) is 0.375. The highest BCUT2D eigenvalue weighted by atomic mass is 15.4. The minimum atomic E-state index is 0.121. The Kier molecular flexibility index (Phi) is 3.20. The van der Waals surface area contributed by atoms with Crippen molar-refractivity contribution >= 4 is 17.1 Å². The molecule has 0 saturated heterocycles. The van der Waals surface area contributed by atoms with E-state index in [1.165, 1.54) is 11.1 Å². The molecule has 1 unspecified atom stereocenters. The molecule has 0 fully saturated rings. The number of fused-ring (bicyclic) bond motifs is 1. The van der Waals surface area contributed by atoms with E-state index in [0.717, 1.165) is 23.3 Å². The van der Waals surface area contributed by atoms with Gasteiger partial charge in [0.2, 0.25) is 5.95 Å². The third kappa shape index (κ3) is 2.09. The molecule has 0 radical (unpaired) electrons. The summed E-state index contributed by atoms with van der Waals surface area (Å²) in [5.41, 5.74) is 11.5. The van der Waals surface area contributed by atoms with Crippen LogP contribution in [0, 0.1) is 6.92 Å². The molecule has 0 bridgehead atoms. The molecule has 2 aromatic heterocycles. The number of aryl methyl sites for hydroxylation is 3. The van der Waals surface area contributed by atoms with Crippen LogP contribution in [0.25, 0.3) is 11.2 Å². The summed E-state index contributed by atoms with van der Waals surface area (Å²) in [5, 5.41) is 4.54. The van der Waals surface area contributed by atoms with E-state index in [9.17, 15) is 0 Å². The van der Waals surface area contributed by atoms with Crippen LogP contribution < -0.4 is 5.73 Å². The molecule has 3 rings (SSSR count). The van der Waals surface area contributed by atoms with Crippen LogP contribution in [0.3, 0.4) is 0 Å². The second-order valence-corrected chi connectivity index (χ2v) is 5.52. The van der Waals surface area contributed by atoms with E-state index in [1.807, 2.05) is 11.7 Å². The Morgan fingerprint density at radius 2 is 1.90 bits per heavy atom. The Morgan fingerprint density at radius 3 is 2.52 bits per heavy atom. The van der Waals surface area contributed by atoms with E-state index in [-0.39, 0.29) is 6.04 Å². The third-order valence-corrected chi connectivity index (χ3v) is 4.05. The topological polar surface area (TPSA) is 61.7 Å². The largest absolute Gasteiger partial charge is 0.369 e. The molecule has 0 aliphatic carbocycles. The predicted octanol–water partition coefficient (Wildman–Crippen LogP) is 2.83. The molecule has 0 spiro atoms. The van der Waals surface area contributed by atoms with Crippen molar-refractivity contribution in [1.82, 2.24) is 19.3 Å². The molecule has 5 nitrogen and oxygen atoms in total. The maximum absolute atomic E-state index is 6.17. The van der Waals surface area contributed by atoms with Gasteiger partial charge in [-0.2, -0.15) is 5.10 Å². The highest BCUT2D eigenvalue weighted by molar-refractivity contribution is 5.78. The van der Waals surface area contributed by atoms with Crippen LogP contribution in [0.5, 0.6) is 0 Å². The van der Waals surface area contributed by atoms with Crippen LogP contribution in [0.15, 0.2) is 24.3 Å². The van der Waals surface area contributed by atoms with Gasteiger partial charge in [0.15, 0.2) is 5.65 Å². The van der Waals surface area contributed by atoms with Crippen molar-refractivity contribution in [1.29, 1.82) is 0 Å². The van der Waals surface area contributed by atoms with Crippen molar-refractivity contribution in [2.45, 2.75) is 33.2 Å². The summed E-state index contributed by atoms with van der Waals surface area (Å²) < 4.78 is 3.94. The lowest BCUT2D eigenvalue weighted by atomic mass is 10.1. The van der Waals surface area contributed by atoms with E-state index >= 15 is 0 Å². The number of aromatic nitrogens is 4. The molecule has 2 N–H and O–H groups in total. The molecule has 1 aromatic carbocycles. The predicted molar refractivity (Wildman–Crippen MR) is 85.3 cm³/mol. The Bertz CT molecular complexity index is 779. The SMILES string of the molecule is CCc1nn(C)c2c1nc(N)n2C(C)c1ccc(C)cc1. The first-order chi connectivity index (χ1) is 10.0. The second kappa shape index (κ2) is 4.91. The summed E-state index contributed by atoms with van der Waals surface area (Å²) in [6, 6.07) is 8.65. The summed E-state index contributed by atoms with van der Waals surface area (Å²) in [4.78, 5) is 4.53. The molecule has 0 amide bonds. The molecule has 0 aliphatic rings. The molecule has 21 heavy (non-hydrogen) atoms. The first-order valence-electron chi connectivity index (χ1n) is 7.28. The molecular formula is C16H21N5. The molecule has 0 aliphatic heterocycles. The van der Waals surface area contributed by atoms with E-state index in [0.29, 0.717) is 5.95 Å². The quantitative estimate of drug-likeness (QED) is 0.804. The lowest BCUT2D eigenvalue weighted by Crippen LogP contribution is -2.12. The van der Waals surface area contributed by atoms with E-state index in [1.54, 1.807) is 0 Å². The van der Waals surface area contributed by atoms with E-state index in [2.05, 4.69) is 59.7 Å². The van der Waals surface area contributed by atoms with Gasteiger partial charge in [0.25, 0.3) is 0 Å². The van der Waals surface area contributed by atoms with Crippen molar-refractivity contribution in [3.63, 3.8) is 0 Å². The number of nitrogens with two attached hydrogens (primary N) is 1. The summed E-state index contributed by atoms with van der Waals surface area (Å²) in [7, 11) is 1.95. The Hall–Kier alpha value is -2.30. The van der Waals surface area contributed by atoms with Gasteiger partial charge in [-0.15, -0.1) is 0 Å². The Labute approximate surface area is 124 Å². The maximum atomic E-state index is 6.17. The summed E-state index contributed by atoms with van der Waals surface area (Å²) in [5.74, 6) is 0.542. The van der Waals surface area contributed by atoms with Gasteiger partial charge >= 0.3 is 0 Å². The number of benzene rings is 1. The molecule has 2 heterocycles. The summed E-state index contributed by atoms with van der Waals surface area (Å²) in [6.07, 6.45) is 0.854.